The molecule has 0 saturated heterocycles. The summed E-state index contributed by atoms with van der Waals surface area (Å²) in [6.07, 6.45) is 4.60. The Balaban J connectivity index is 0.894. The highest BCUT2D eigenvalue weighted by molar-refractivity contribution is 6.24. The van der Waals surface area contributed by atoms with Crippen molar-refractivity contribution in [3.63, 3.8) is 0 Å². The molecule has 71 heavy (non-hydrogen) atoms. The van der Waals surface area contributed by atoms with E-state index in [1.165, 1.54) is 132 Å². The van der Waals surface area contributed by atoms with Crippen LogP contribution in [0.5, 0.6) is 0 Å². The Bertz CT molecular complexity index is 4160. The molecule has 13 aromatic carbocycles. The maximum absolute atomic E-state index is 2.39. The Morgan fingerprint density at radius 2 is 0.620 bits per heavy atom. The molecule has 14 rings (SSSR count). The van der Waals surface area contributed by atoms with Crippen LogP contribution >= 0.6 is 0 Å². The maximum Gasteiger partial charge on any atom is 0.0713 e. The third-order valence-electron chi connectivity index (χ3n) is 15.4. The van der Waals surface area contributed by atoms with Gasteiger partial charge in [0.05, 0.1) is 5.41 Å². The van der Waals surface area contributed by atoms with Gasteiger partial charge in [-0.25, -0.2) is 0 Å². The van der Waals surface area contributed by atoms with E-state index in [9.17, 15) is 0 Å². The first kappa shape index (κ1) is 40.9. The van der Waals surface area contributed by atoms with E-state index in [1.807, 2.05) is 0 Å². The molecule has 0 N–H and O–H groups in total. The van der Waals surface area contributed by atoms with Gasteiger partial charge in [-0.3, -0.25) is 0 Å². The van der Waals surface area contributed by atoms with E-state index >= 15 is 0 Å². The molecule has 0 spiro atoms. The molecule has 0 amide bonds. The van der Waals surface area contributed by atoms with Crippen molar-refractivity contribution < 1.29 is 0 Å². The molecule has 0 nitrogen and oxygen atoms in total. The Morgan fingerprint density at radius 3 is 1.21 bits per heavy atom. The van der Waals surface area contributed by atoms with Gasteiger partial charge in [-0.05, 0) is 132 Å². The number of fused-ring (bicyclic) bond motifs is 8. The summed E-state index contributed by atoms with van der Waals surface area (Å²) in [5.41, 5.74) is 17.2. The molecule has 13 aromatic rings. The fourth-order valence-electron chi connectivity index (χ4n) is 12.4. The van der Waals surface area contributed by atoms with E-state index in [4.69, 9.17) is 0 Å². The number of hydrogen-bond donors (Lipinski definition) is 0. The molecule has 1 aliphatic rings. The molecule has 0 aliphatic heterocycles. The third-order valence-corrected chi connectivity index (χ3v) is 15.4. The minimum Gasteiger partial charge on any atom is -0.0622 e. The van der Waals surface area contributed by atoms with E-state index in [0.717, 1.165) is 0 Å². The van der Waals surface area contributed by atoms with Crippen molar-refractivity contribution in [2.45, 2.75) is 5.41 Å². The highest BCUT2D eigenvalue weighted by atomic mass is 14.5. The Labute approximate surface area is 414 Å². The summed E-state index contributed by atoms with van der Waals surface area (Å²) >= 11 is 0. The van der Waals surface area contributed by atoms with Crippen molar-refractivity contribution in [2.24, 2.45) is 0 Å². The van der Waals surface area contributed by atoms with Crippen molar-refractivity contribution in [3.8, 4) is 44.5 Å². The highest BCUT2D eigenvalue weighted by Crippen LogP contribution is 2.56. The Morgan fingerprint density at radius 1 is 0.225 bits per heavy atom. The lowest BCUT2D eigenvalue weighted by molar-refractivity contribution is 0.768. The van der Waals surface area contributed by atoms with Gasteiger partial charge in [-0.2, -0.15) is 0 Å². The topological polar surface area (TPSA) is 0 Å². The first-order valence-corrected chi connectivity index (χ1v) is 24.7. The molecular formula is C71H46. The summed E-state index contributed by atoms with van der Waals surface area (Å²) in [5.74, 6) is 0. The molecule has 0 saturated carbocycles. The molecule has 0 fully saturated rings. The summed E-state index contributed by atoms with van der Waals surface area (Å²) in [4.78, 5) is 0. The second-order valence-corrected chi connectivity index (χ2v) is 19.0. The minimum absolute atomic E-state index is 0.445. The van der Waals surface area contributed by atoms with Crippen LogP contribution in [0.4, 0.5) is 0 Å². The lowest BCUT2D eigenvalue weighted by Gasteiger charge is -2.34. The van der Waals surface area contributed by atoms with Crippen molar-refractivity contribution in [2.75, 3.05) is 0 Å². The predicted octanol–water partition coefficient (Wildman–Crippen LogP) is 19.0. The van der Waals surface area contributed by atoms with Crippen LogP contribution < -0.4 is 0 Å². The van der Waals surface area contributed by atoms with E-state index in [2.05, 4.69) is 279 Å². The average molecular weight is 899 g/mol. The summed E-state index contributed by atoms with van der Waals surface area (Å²) in [5, 5.41) is 12.5. The van der Waals surface area contributed by atoms with Gasteiger partial charge in [-0.15, -0.1) is 0 Å². The van der Waals surface area contributed by atoms with Crippen molar-refractivity contribution in [3.05, 3.63) is 300 Å². The smallest absolute Gasteiger partial charge is 0.0622 e. The van der Waals surface area contributed by atoms with E-state index in [1.54, 1.807) is 0 Å². The zero-order chi connectivity index (χ0) is 46.9. The largest absolute Gasteiger partial charge is 0.0713 e. The fourth-order valence-corrected chi connectivity index (χ4v) is 12.4. The monoisotopic (exact) mass is 898 g/mol. The molecule has 1 aliphatic carbocycles. The van der Waals surface area contributed by atoms with Crippen LogP contribution in [0.2, 0.25) is 0 Å². The van der Waals surface area contributed by atoms with Crippen LogP contribution in [0, 0.1) is 0 Å². The fraction of sp³-hybridized carbons (Fsp3) is 0.0141. The molecule has 0 bridgehead atoms. The van der Waals surface area contributed by atoms with Gasteiger partial charge in [0.1, 0.15) is 0 Å². The first-order valence-electron chi connectivity index (χ1n) is 24.7. The molecule has 0 aromatic heterocycles. The van der Waals surface area contributed by atoms with Gasteiger partial charge >= 0.3 is 0 Å². The number of benzene rings is 13. The molecule has 0 atom stereocenters. The third kappa shape index (κ3) is 6.32. The number of rotatable bonds is 7. The molecule has 0 unspecified atom stereocenters. The van der Waals surface area contributed by atoms with Crippen LogP contribution in [0.25, 0.3) is 111 Å². The predicted molar refractivity (Wildman–Crippen MR) is 303 cm³/mol. The first-order chi connectivity index (χ1) is 35.3. The van der Waals surface area contributed by atoms with E-state index in [0.29, 0.717) is 0 Å². The SMILES string of the molecule is C(=Cc1ccc(-c2c3ccccc3c(-c3ccc(C4(c5ccccc5)c5ccccc5-c5ccccc54)cc3)c3ccccc23)c2ccccc12)c1ccc(-c2cccc3ccccc23)c2ccccc12. The summed E-state index contributed by atoms with van der Waals surface area (Å²) in [6, 6.07) is 98.9. The second kappa shape index (κ2) is 16.6. The van der Waals surface area contributed by atoms with E-state index < -0.39 is 5.41 Å². The average Bonchev–Trinajstić information content (AvgIpc) is 3.75. The van der Waals surface area contributed by atoms with Gasteiger partial charge in [-0.1, -0.05) is 279 Å². The zero-order valence-electron chi connectivity index (χ0n) is 39.1. The molecule has 0 heterocycles. The molecule has 330 valence electrons. The van der Waals surface area contributed by atoms with Gasteiger partial charge in [0.25, 0.3) is 0 Å². The quantitative estimate of drug-likeness (QED) is 0.110. The zero-order valence-corrected chi connectivity index (χ0v) is 39.1. The molecule has 0 radical (unpaired) electrons. The lowest BCUT2D eigenvalue weighted by Crippen LogP contribution is -2.28. The normalized spacial score (nSPS) is 12.8. The van der Waals surface area contributed by atoms with Crippen LogP contribution in [0.1, 0.15) is 33.4 Å². The van der Waals surface area contributed by atoms with Gasteiger partial charge < -0.3 is 0 Å². The lowest BCUT2D eigenvalue weighted by atomic mass is 9.67. The standard InChI is InChI=1S/C71H46/c1-2-21-51(22-3-1)71(67-35-16-14-28-60(67)61-29-15-17-36-68(61)71)52-43-39-50(40-44-52)69-62-30-10-12-32-64(62)70(65-33-13-11-31-63(65)69)66-46-42-49(55-25-7-9-27-58(55)66)38-37-48-41-45-59(56-26-8-6-24-54(48)56)57-34-18-20-47-19-4-5-23-53(47)57/h1-46H. The molecule has 0 heteroatoms. The van der Waals surface area contributed by atoms with Gasteiger partial charge in [0, 0.05) is 0 Å². The minimum atomic E-state index is -0.445. The van der Waals surface area contributed by atoms with Crippen LogP contribution in [0.15, 0.2) is 267 Å². The Hall–Kier alpha value is -9.10. The number of hydrogen-bond acceptors (Lipinski definition) is 0. The van der Waals surface area contributed by atoms with Gasteiger partial charge in [0.2, 0.25) is 0 Å². The van der Waals surface area contributed by atoms with Crippen molar-refractivity contribution in [1.82, 2.24) is 0 Å². The summed E-state index contributed by atoms with van der Waals surface area (Å²) < 4.78 is 0. The van der Waals surface area contributed by atoms with E-state index in [-0.39, 0.29) is 0 Å². The van der Waals surface area contributed by atoms with Crippen LogP contribution in [-0.2, 0) is 5.41 Å². The second-order valence-electron chi connectivity index (χ2n) is 19.0. The van der Waals surface area contributed by atoms with Crippen molar-refractivity contribution in [1.29, 1.82) is 0 Å². The highest BCUT2D eigenvalue weighted by Gasteiger charge is 2.45. The maximum atomic E-state index is 2.39. The van der Waals surface area contributed by atoms with Crippen molar-refractivity contribution >= 4 is 66.0 Å². The summed E-state index contributed by atoms with van der Waals surface area (Å²) in [6.45, 7) is 0. The van der Waals surface area contributed by atoms with Crippen LogP contribution in [0.3, 0.4) is 0 Å². The van der Waals surface area contributed by atoms with Gasteiger partial charge in [0.15, 0.2) is 0 Å². The summed E-state index contributed by atoms with van der Waals surface area (Å²) in [7, 11) is 0. The Kier molecular flexibility index (Phi) is 9.54. The van der Waals surface area contributed by atoms with Crippen LogP contribution in [-0.4, -0.2) is 0 Å². The molecular weight excluding hydrogens is 853 g/mol.